The smallest absolute Gasteiger partial charge is 0.225 e. The molecule has 2 fully saturated rings. The Labute approximate surface area is 151 Å². The summed E-state index contributed by atoms with van der Waals surface area (Å²) in [5.74, 6) is 1.11. The Bertz CT molecular complexity index is 625. The topological polar surface area (TPSA) is 49.4 Å². The summed E-state index contributed by atoms with van der Waals surface area (Å²) < 4.78 is 0. The van der Waals surface area contributed by atoms with Crippen molar-refractivity contribution in [3.05, 3.63) is 35.4 Å². The van der Waals surface area contributed by atoms with E-state index < -0.39 is 0 Å². The molecule has 1 aliphatic carbocycles. The SMILES string of the molecule is Cc1ccc(CN2C[C@H](C(=O)N[C@@H]3CCC[C@@H](C)[C@@H]3C)CC2=O)cc1. The first-order chi connectivity index (χ1) is 11.9. The van der Waals surface area contributed by atoms with E-state index in [-0.39, 0.29) is 23.8 Å². The molecule has 1 saturated carbocycles. The van der Waals surface area contributed by atoms with Gasteiger partial charge in [0, 0.05) is 25.6 Å². The summed E-state index contributed by atoms with van der Waals surface area (Å²) in [5.41, 5.74) is 2.33. The number of rotatable bonds is 4. The second-order valence-electron chi connectivity index (χ2n) is 8.04. The predicted octanol–water partition coefficient (Wildman–Crippen LogP) is 3.28. The number of amides is 2. The Kier molecular flexibility index (Phi) is 5.45. The first kappa shape index (κ1) is 18.0. The van der Waals surface area contributed by atoms with Gasteiger partial charge in [-0.15, -0.1) is 0 Å². The monoisotopic (exact) mass is 342 g/mol. The van der Waals surface area contributed by atoms with Crippen LogP contribution in [-0.4, -0.2) is 29.3 Å². The van der Waals surface area contributed by atoms with Gasteiger partial charge in [-0.3, -0.25) is 9.59 Å². The summed E-state index contributed by atoms with van der Waals surface area (Å²) in [5, 5.41) is 3.24. The molecule has 1 saturated heterocycles. The van der Waals surface area contributed by atoms with Crippen molar-refractivity contribution in [3.8, 4) is 0 Å². The van der Waals surface area contributed by atoms with Crippen molar-refractivity contribution in [2.24, 2.45) is 17.8 Å². The number of carbonyl (C=O) groups is 2. The van der Waals surface area contributed by atoms with E-state index in [0.717, 1.165) is 12.0 Å². The number of aryl methyl sites for hydroxylation is 1. The molecule has 1 aromatic carbocycles. The quantitative estimate of drug-likeness (QED) is 0.913. The van der Waals surface area contributed by atoms with Crippen LogP contribution < -0.4 is 5.32 Å². The van der Waals surface area contributed by atoms with Crippen molar-refractivity contribution in [3.63, 3.8) is 0 Å². The molecule has 0 aromatic heterocycles. The molecule has 2 aliphatic rings. The minimum atomic E-state index is -0.206. The van der Waals surface area contributed by atoms with Gasteiger partial charge < -0.3 is 10.2 Å². The Morgan fingerprint density at radius 2 is 1.92 bits per heavy atom. The molecule has 4 nitrogen and oxygen atoms in total. The molecule has 0 unspecified atom stereocenters. The molecule has 0 radical (unpaired) electrons. The van der Waals surface area contributed by atoms with Gasteiger partial charge in [0.2, 0.25) is 11.8 Å². The van der Waals surface area contributed by atoms with E-state index in [1.54, 1.807) is 0 Å². The molecule has 1 aliphatic heterocycles. The van der Waals surface area contributed by atoms with Gasteiger partial charge in [-0.25, -0.2) is 0 Å². The van der Waals surface area contributed by atoms with Gasteiger partial charge in [0.15, 0.2) is 0 Å². The normalized spacial score (nSPS) is 29.7. The first-order valence-corrected chi connectivity index (χ1v) is 9.57. The predicted molar refractivity (Wildman–Crippen MR) is 98.8 cm³/mol. The summed E-state index contributed by atoms with van der Waals surface area (Å²) in [6.07, 6.45) is 3.83. The van der Waals surface area contributed by atoms with E-state index in [2.05, 4.69) is 50.4 Å². The average Bonchev–Trinajstić information content (AvgIpc) is 2.95. The zero-order valence-electron chi connectivity index (χ0n) is 15.6. The molecule has 4 heteroatoms. The van der Waals surface area contributed by atoms with Gasteiger partial charge in [0.05, 0.1) is 5.92 Å². The fraction of sp³-hybridized carbons (Fsp3) is 0.619. The number of hydrogen-bond acceptors (Lipinski definition) is 2. The summed E-state index contributed by atoms with van der Waals surface area (Å²) in [6, 6.07) is 8.50. The van der Waals surface area contributed by atoms with Crippen LogP contribution >= 0.6 is 0 Å². The van der Waals surface area contributed by atoms with E-state index in [1.807, 2.05) is 4.90 Å². The molecule has 0 bridgehead atoms. The molecule has 1 heterocycles. The molecule has 1 aromatic rings. The van der Waals surface area contributed by atoms with Gasteiger partial charge in [0.1, 0.15) is 0 Å². The van der Waals surface area contributed by atoms with E-state index in [1.165, 1.54) is 18.4 Å². The van der Waals surface area contributed by atoms with Crippen LogP contribution in [0, 0.1) is 24.7 Å². The summed E-state index contributed by atoms with van der Waals surface area (Å²) in [7, 11) is 0. The summed E-state index contributed by atoms with van der Waals surface area (Å²) >= 11 is 0. The Balaban J connectivity index is 1.56. The minimum absolute atomic E-state index is 0.0608. The third-order valence-corrected chi connectivity index (χ3v) is 6.11. The van der Waals surface area contributed by atoms with Crippen LogP contribution in [0.4, 0.5) is 0 Å². The van der Waals surface area contributed by atoms with Gasteiger partial charge in [-0.05, 0) is 30.7 Å². The number of benzene rings is 1. The Morgan fingerprint density at radius 3 is 2.64 bits per heavy atom. The van der Waals surface area contributed by atoms with Crippen LogP contribution in [0.25, 0.3) is 0 Å². The van der Waals surface area contributed by atoms with E-state index in [0.29, 0.717) is 31.3 Å². The summed E-state index contributed by atoms with van der Waals surface area (Å²) in [6.45, 7) is 7.69. The van der Waals surface area contributed by atoms with Gasteiger partial charge in [-0.2, -0.15) is 0 Å². The molecular formula is C21H30N2O2. The number of carbonyl (C=O) groups excluding carboxylic acids is 2. The molecule has 0 spiro atoms. The second kappa shape index (κ2) is 7.59. The third kappa shape index (κ3) is 4.23. The first-order valence-electron chi connectivity index (χ1n) is 9.57. The van der Waals surface area contributed by atoms with Crippen molar-refractivity contribution < 1.29 is 9.59 Å². The highest BCUT2D eigenvalue weighted by atomic mass is 16.2. The zero-order chi connectivity index (χ0) is 18.0. The fourth-order valence-corrected chi connectivity index (χ4v) is 4.10. The molecule has 3 rings (SSSR count). The Hall–Kier alpha value is -1.84. The van der Waals surface area contributed by atoms with Crippen LogP contribution in [0.5, 0.6) is 0 Å². The van der Waals surface area contributed by atoms with Gasteiger partial charge >= 0.3 is 0 Å². The van der Waals surface area contributed by atoms with Crippen LogP contribution in [-0.2, 0) is 16.1 Å². The zero-order valence-corrected chi connectivity index (χ0v) is 15.6. The van der Waals surface area contributed by atoms with Crippen molar-refractivity contribution in [2.75, 3.05) is 6.54 Å². The van der Waals surface area contributed by atoms with Crippen molar-refractivity contribution in [1.82, 2.24) is 10.2 Å². The fourth-order valence-electron chi connectivity index (χ4n) is 4.10. The van der Waals surface area contributed by atoms with E-state index in [4.69, 9.17) is 0 Å². The van der Waals surface area contributed by atoms with Crippen LogP contribution in [0.1, 0.15) is 50.7 Å². The molecular weight excluding hydrogens is 312 g/mol. The molecule has 1 N–H and O–H groups in total. The summed E-state index contributed by atoms with van der Waals surface area (Å²) in [4.78, 5) is 26.8. The lowest BCUT2D eigenvalue weighted by Crippen LogP contribution is -2.46. The Morgan fingerprint density at radius 1 is 1.20 bits per heavy atom. The maximum Gasteiger partial charge on any atom is 0.225 e. The van der Waals surface area contributed by atoms with Crippen LogP contribution in [0.15, 0.2) is 24.3 Å². The highest BCUT2D eigenvalue weighted by Crippen LogP contribution is 2.30. The van der Waals surface area contributed by atoms with Crippen LogP contribution in [0.3, 0.4) is 0 Å². The third-order valence-electron chi connectivity index (χ3n) is 6.11. The molecule has 25 heavy (non-hydrogen) atoms. The van der Waals surface area contributed by atoms with Crippen molar-refractivity contribution in [1.29, 1.82) is 0 Å². The average molecular weight is 342 g/mol. The second-order valence-corrected chi connectivity index (χ2v) is 8.04. The maximum atomic E-state index is 12.7. The maximum absolute atomic E-state index is 12.7. The molecule has 2 amide bonds. The number of nitrogens with zero attached hydrogens (tertiary/aromatic N) is 1. The van der Waals surface area contributed by atoms with E-state index in [9.17, 15) is 9.59 Å². The number of nitrogens with one attached hydrogen (secondary N) is 1. The molecule has 4 atom stereocenters. The highest BCUT2D eigenvalue weighted by molar-refractivity contribution is 5.89. The van der Waals surface area contributed by atoms with Gasteiger partial charge in [0.25, 0.3) is 0 Å². The van der Waals surface area contributed by atoms with Crippen LogP contribution in [0.2, 0.25) is 0 Å². The lowest BCUT2D eigenvalue weighted by molar-refractivity contribution is -0.129. The minimum Gasteiger partial charge on any atom is -0.353 e. The standard InChI is InChI=1S/C21H30N2O2/c1-14-7-9-17(10-8-14)12-23-13-18(11-20(23)24)21(25)22-19-6-4-5-15(2)16(19)3/h7-10,15-16,18-19H,4-6,11-13H2,1-3H3,(H,22,25)/t15-,16+,18-,19-/m1/s1. The number of hydrogen-bond donors (Lipinski definition) is 1. The lowest BCUT2D eigenvalue weighted by atomic mass is 9.78. The largest absolute Gasteiger partial charge is 0.353 e. The van der Waals surface area contributed by atoms with Crippen molar-refractivity contribution >= 4 is 11.8 Å². The van der Waals surface area contributed by atoms with Crippen molar-refractivity contribution in [2.45, 2.75) is 59.0 Å². The van der Waals surface area contributed by atoms with Gasteiger partial charge in [-0.1, -0.05) is 56.5 Å². The number of likely N-dealkylation sites (tertiary alicyclic amines) is 1. The van der Waals surface area contributed by atoms with E-state index >= 15 is 0 Å². The molecule has 136 valence electrons. The highest BCUT2D eigenvalue weighted by Gasteiger charge is 2.36. The lowest BCUT2D eigenvalue weighted by Gasteiger charge is -2.35.